The summed E-state index contributed by atoms with van der Waals surface area (Å²) in [5.41, 5.74) is 4.05. The van der Waals surface area contributed by atoms with Crippen molar-refractivity contribution in [3.8, 4) is 16.9 Å². The first-order valence-electron chi connectivity index (χ1n) is 7.82. The van der Waals surface area contributed by atoms with Crippen LogP contribution >= 0.6 is 0 Å². The topological polar surface area (TPSA) is 52.3 Å². The summed E-state index contributed by atoms with van der Waals surface area (Å²) in [6.07, 6.45) is 8.26. The van der Waals surface area contributed by atoms with Crippen molar-refractivity contribution in [2.24, 2.45) is 0 Å². The number of imidazole rings is 1. The molecule has 1 aromatic carbocycles. The van der Waals surface area contributed by atoms with Gasteiger partial charge in [0.15, 0.2) is 0 Å². The highest BCUT2D eigenvalue weighted by atomic mass is 19.1. The lowest BCUT2D eigenvalue weighted by molar-refractivity contribution is 0.299. The molecular formula is C19H15FN4O. The minimum Gasteiger partial charge on any atom is -0.486 e. The highest BCUT2D eigenvalue weighted by Crippen LogP contribution is 2.22. The third-order valence-corrected chi connectivity index (χ3v) is 3.88. The number of hydrogen-bond donors (Lipinski definition) is 0. The van der Waals surface area contributed by atoms with Crippen molar-refractivity contribution in [3.63, 3.8) is 0 Å². The van der Waals surface area contributed by atoms with Crippen LogP contribution in [0.4, 0.5) is 4.39 Å². The molecular weight excluding hydrogens is 319 g/mol. The number of ether oxygens (including phenoxy) is 1. The van der Waals surface area contributed by atoms with E-state index in [0.29, 0.717) is 17.2 Å². The molecule has 5 nitrogen and oxygen atoms in total. The van der Waals surface area contributed by atoms with Crippen molar-refractivity contribution >= 4 is 5.78 Å². The van der Waals surface area contributed by atoms with Crippen molar-refractivity contribution in [2.75, 3.05) is 0 Å². The van der Waals surface area contributed by atoms with Crippen LogP contribution in [-0.2, 0) is 6.61 Å². The predicted molar refractivity (Wildman–Crippen MR) is 91.7 cm³/mol. The van der Waals surface area contributed by atoms with Crippen LogP contribution in [0, 0.1) is 12.7 Å². The van der Waals surface area contributed by atoms with Crippen LogP contribution in [0.15, 0.2) is 61.3 Å². The number of fused-ring (bicyclic) bond motifs is 1. The van der Waals surface area contributed by atoms with Gasteiger partial charge >= 0.3 is 0 Å². The largest absolute Gasteiger partial charge is 0.486 e. The van der Waals surface area contributed by atoms with Gasteiger partial charge in [-0.25, -0.2) is 14.4 Å². The van der Waals surface area contributed by atoms with Gasteiger partial charge in [-0.2, -0.15) is 0 Å². The average molecular weight is 334 g/mol. The molecule has 0 fully saturated rings. The van der Waals surface area contributed by atoms with E-state index in [0.717, 1.165) is 17.3 Å². The number of benzene rings is 1. The average Bonchev–Trinajstić information content (AvgIpc) is 3.02. The van der Waals surface area contributed by atoms with E-state index in [1.807, 2.05) is 35.1 Å². The zero-order chi connectivity index (χ0) is 17.2. The number of aromatic nitrogens is 4. The van der Waals surface area contributed by atoms with Crippen molar-refractivity contribution < 1.29 is 9.13 Å². The smallest absolute Gasteiger partial charge is 0.234 e. The maximum absolute atomic E-state index is 13.1. The van der Waals surface area contributed by atoms with Crippen LogP contribution in [0.2, 0.25) is 0 Å². The Bertz CT molecular complexity index is 1040. The summed E-state index contributed by atoms with van der Waals surface area (Å²) in [6.45, 7) is 2.29. The fourth-order valence-corrected chi connectivity index (χ4v) is 2.67. The Labute approximate surface area is 143 Å². The first kappa shape index (κ1) is 15.3. The molecule has 6 heteroatoms. The molecule has 4 rings (SSSR count). The van der Waals surface area contributed by atoms with Gasteiger partial charge in [0, 0.05) is 30.2 Å². The molecule has 3 heterocycles. The molecule has 25 heavy (non-hydrogen) atoms. The van der Waals surface area contributed by atoms with E-state index in [1.165, 1.54) is 17.8 Å². The van der Waals surface area contributed by atoms with E-state index < -0.39 is 5.82 Å². The van der Waals surface area contributed by atoms with Crippen molar-refractivity contribution in [1.82, 2.24) is 19.4 Å². The quantitative estimate of drug-likeness (QED) is 0.569. The monoisotopic (exact) mass is 334 g/mol. The predicted octanol–water partition coefficient (Wildman–Crippen LogP) is 3.82. The molecule has 0 radical (unpaired) electrons. The number of aryl methyl sites for hydroxylation is 1. The van der Waals surface area contributed by atoms with E-state index in [4.69, 9.17) is 4.74 Å². The molecule has 0 aliphatic carbocycles. The number of nitrogens with zero attached hydrogens (tertiary/aromatic N) is 4. The van der Waals surface area contributed by atoms with Crippen molar-refractivity contribution in [1.29, 1.82) is 0 Å². The lowest BCUT2D eigenvalue weighted by Crippen LogP contribution is -1.96. The Morgan fingerprint density at radius 2 is 2.00 bits per heavy atom. The zero-order valence-corrected chi connectivity index (χ0v) is 13.6. The van der Waals surface area contributed by atoms with E-state index >= 15 is 0 Å². The molecule has 0 unspecified atom stereocenters. The highest BCUT2D eigenvalue weighted by molar-refractivity contribution is 5.66. The van der Waals surface area contributed by atoms with Gasteiger partial charge in [0.25, 0.3) is 0 Å². The van der Waals surface area contributed by atoms with Gasteiger partial charge in [0.05, 0.1) is 18.1 Å². The van der Waals surface area contributed by atoms with Crippen molar-refractivity contribution in [3.05, 3.63) is 78.4 Å². The zero-order valence-electron chi connectivity index (χ0n) is 13.6. The van der Waals surface area contributed by atoms with Crippen LogP contribution in [0.3, 0.4) is 0 Å². The first-order chi connectivity index (χ1) is 12.2. The normalized spacial score (nSPS) is 11.0. The summed E-state index contributed by atoms with van der Waals surface area (Å²) in [5.74, 6) is 0.524. The van der Waals surface area contributed by atoms with Gasteiger partial charge in [-0.15, -0.1) is 0 Å². The van der Waals surface area contributed by atoms with E-state index in [2.05, 4.69) is 34.0 Å². The molecule has 0 saturated carbocycles. The van der Waals surface area contributed by atoms with Gasteiger partial charge in [0.2, 0.25) is 5.78 Å². The molecule has 4 aromatic rings. The second-order valence-electron chi connectivity index (χ2n) is 5.72. The maximum Gasteiger partial charge on any atom is 0.234 e. The molecule has 0 atom stereocenters. The molecule has 0 aliphatic heterocycles. The van der Waals surface area contributed by atoms with Gasteiger partial charge in [-0.05, 0) is 18.1 Å². The number of hydrogen-bond acceptors (Lipinski definition) is 4. The standard InChI is InChI=1S/C19H15FN4O/c1-13-4-2-3-5-18(13)14-7-22-19-23-16(11-24(19)10-14)12-25-17-6-15(20)8-21-9-17/h2-11H,12H2,1H3. The highest BCUT2D eigenvalue weighted by Gasteiger charge is 2.07. The fourth-order valence-electron chi connectivity index (χ4n) is 2.67. The van der Waals surface area contributed by atoms with E-state index in [9.17, 15) is 4.39 Å². The second-order valence-corrected chi connectivity index (χ2v) is 5.72. The third-order valence-electron chi connectivity index (χ3n) is 3.88. The molecule has 0 amide bonds. The molecule has 3 aromatic heterocycles. The molecule has 0 aliphatic rings. The summed E-state index contributed by atoms with van der Waals surface area (Å²) in [7, 11) is 0. The Morgan fingerprint density at radius 1 is 1.12 bits per heavy atom. The van der Waals surface area contributed by atoms with Gasteiger partial charge < -0.3 is 4.74 Å². The lowest BCUT2D eigenvalue weighted by Gasteiger charge is -2.05. The lowest BCUT2D eigenvalue weighted by atomic mass is 10.0. The molecule has 0 bridgehead atoms. The van der Waals surface area contributed by atoms with E-state index in [1.54, 1.807) is 0 Å². The van der Waals surface area contributed by atoms with Gasteiger partial charge in [-0.3, -0.25) is 9.38 Å². The number of halogens is 1. The van der Waals surface area contributed by atoms with Crippen LogP contribution < -0.4 is 4.74 Å². The summed E-state index contributed by atoms with van der Waals surface area (Å²) >= 11 is 0. The minimum absolute atomic E-state index is 0.216. The molecule has 0 spiro atoms. The van der Waals surface area contributed by atoms with Gasteiger partial charge in [0.1, 0.15) is 18.2 Å². The Hall–Kier alpha value is -3.28. The molecule has 124 valence electrons. The minimum atomic E-state index is -0.433. The van der Waals surface area contributed by atoms with E-state index in [-0.39, 0.29) is 6.61 Å². The summed E-state index contributed by atoms with van der Waals surface area (Å²) < 4.78 is 20.5. The SMILES string of the molecule is Cc1ccccc1-c1cnc2nc(COc3cncc(F)c3)cn2c1. The van der Waals surface area contributed by atoms with Crippen LogP contribution in [0.5, 0.6) is 5.75 Å². The van der Waals surface area contributed by atoms with Crippen LogP contribution in [0.1, 0.15) is 11.3 Å². The van der Waals surface area contributed by atoms with Gasteiger partial charge in [-0.1, -0.05) is 24.3 Å². The fraction of sp³-hybridized carbons (Fsp3) is 0.105. The maximum atomic E-state index is 13.1. The first-order valence-corrected chi connectivity index (χ1v) is 7.82. The van der Waals surface area contributed by atoms with Crippen LogP contribution in [-0.4, -0.2) is 19.4 Å². The Kier molecular flexibility index (Phi) is 3.85. The Balaban J connectivity index is 1.59. The summed E-state index contributed by atoms with van der Waals surface area (Å²) in [5, 5.41) is 0. The second kappa shape index (κ2) is 6.32. The van der Waals surface area contributed by atoms with Crippen molar-refractivity contribution in [2.45, 2.75) is 13.5 Å². The number of pyridine rings is 1. The molecule has 0 saturated heterocycles. The molecule has 0 N–H and O–H groups in total. The third kappa shape index (κ3) is 3.19. The number of rotatable bonds is 4. The summed E-state index contributed by atoms with van der Waals surface area (Å²) in [6, 6.07) is 9.44. The Morgan fingerprint density at radius 3 is 2.84 bits per heavy atom. The van der Waals surface area contributed by atoms with Crippen LogP contribution in [0.25, 0.3) is 16.9 Å². The summed E-state index contributed by atoms with van der Waals surface area (Å²) in [4.78, 5) is 12.6.